The van der Waals surface area contributed by atoms with Gasteiger partial charge in [-0.25, -0.2) is 9.36 Å². The minimum absolute atomic E-state index is 0.0260. The predicted octanol–water partition coefficient (Wildman–Crippen LogP) is -4.41. The van der Waals surface area contributed by atoms with E-state index in [-0.39, 0.29) is 80.6 Å². The number of nitrogens with zero attached hydrogens (tertiary/aromatic N) is 1. The van der Waals surface area contributed by atoms with E-state index in [0.29, 0.717) is 0 Å². The Bertz CT molecular complexity index is 3560. The lowest BCUT2D eigenvalue weighted by Crippen LogP contribution is -2.61. The second-order valence-electron chi connectivity index (χ2n) is 27.5. The predicted molar refractivity (Wildman–Crippen MR) is 399 cm³/mol. The lowest BCUT2D eigenvalue weighted by atomic mass is 9.99. The van der Waals surface area contributed by atoms with Crippen molar-refractivity contribution in [2.24, 2.45) is 45.7 Å². The van der Waals surface area contributed by atoms with Crippen LogP contribution in [0.25, 0.3) is 0 Å². The first kappa shape index (κ1) is 100. The molecule has 0 heterocycles. The molecule has 0 radical (unpaired) electrons. The zero-order valence-corrected chi connectivity index (χ0v) is 65.2. The number of carbonyl (C=O) groups is 18. The lowest BCUT2D eigenvalue weighted by Gasteiger charge is -2.29. The quantitative estimate of drug-likeness (QED) is 0.0127. The first-order valence-corrected chi connectivity index (χ1v) is 38.6. The topological polar surface area (TPSA) is 744 Å². The van der Waals surface area contributed by atoms with Crippen LogP contribution in [0, 0.1) is 17.8 Å². The minimum Gasteiger partial charge on any atom is -0.481 e. The number of aliphatic carboxylic acids is 6. The summed E-state index contributed by atoms with van der Waals surface area (Å²) in [6.45, 7) is 9.89. The number of phosphoric acid groups is 1. The molecule has 0 bridgehead atoms. The molecule has 0 aliphatic rings. The third kappa shape index (κ3) is 43.0. The Morgan fingerprint density at radius 3 is 1.07 bits per heavy atom. The first-order chi connectivity index (χ1) is 52.6. The Morgan fingerprint density at radius 2 is 0.717 bits per heavy atom. The van der Waals surface area contributed by atoms with E-state index in [1.165, 1.54) is 11.8 Å². The zero-order chi connectivity index (χ0) is 86.2. The second-order valence-corrected chi connectivity index (χ2v) is 29.6. The lowest BCUT2D eigenvalue weighted by molar-refractivity contribution is -0.144. The fourth-order valence-corrected chi connectivity index (χ4v) is 11.5. The van der Waals surface area contributed by atoms with Crippen LogP contribution < -0.4 is 85.9 Å². The molecule has 0 aliphatic heterocycles. The molecule has 0 saturated carbocycles. The molecule has 0 spiro atoms. The number of rotatable bonds is 57. The SMILES string of the molecule is CSCC[C@H](NC(=O)[C@H](CC(C)C)NC(=O)[C@H](CCC(=O)O)NC(=O)[C@@H](N)CCC(=O)O)C(=O)N[C@@H](CC(C)C)C(=O)N[C@@H](CCCN=C(N)N)C(=O)N[C@@H](CC(C)C)C(=O)N[C@@H](CCC(N)=O)C(=O)N[C@@H](CC(=O)O)C(=O)N[C@@H](Cc1ccc(OP(=O)(O)O)cc1)C(=O)N[C@@H](CCC(=O)O)C(=O)N[C@@H](CCC(=O)O)C(=O)O. The molecular formula is C67H107N16O28PS. The number of hydrogen-bond acceptors (Lipinski definition) is 23. The summed E-state index contributed by atoms with van der Waals surface area (Å²) in [6.07, 6.45) is -7.53. The molecule has 0 unspecified atom stereocenters. The van der Waals surface area contributed by atoms with Crippen LogP contribution in [0.1, 0.15) is 156 Å². The summed E-state index contributed by atoms with van der Waals surface area (Å²) in [7, 11) is -5.13. The zero-order valence-electron chi connectivity index (χ0n) is 63.5. The van der Waals surface area contributed by atoms with Crippen molar-refractivity contribution in [2.45, 2.75) is 230 Å². The van der Waals surface area contributed by atoms with Crippen LogP contribution in [0.2, 0.25) is 0 Å². The molecule has 44 nitrogen and oxygen atoms in total. The Kier molecular flexibility index (Phi) is 45.2. The molecule has 0 saturated heterocycles. The van der Waals surface area contributed by atoms with E-state index in [2.05, 4.69) is 62.7 Å². The second kappa shape index (κ2) is 51.0. The standard InChI is InChI=1S/C67H107N16O28PS/c1-32(2)27-44(81-60(100)42(24-26-113-7)77-63(103)46(29-34(5)6)80-59(99)40(16-21-51(87)88)73-55(95)37(68)14-20-50(85)86)61(101)74-38(9-8-25-72-67(70)71)56(96)79-45(28-33(3)4)62(102)75-39(15-19-49(69)84)58(98)83-48(31-54(93)94)65(105)82-47(30-35-10-12-36(13-11-35)111-112(108,109)110)64(104)76-41(17-22-52(89)90)57(97)78-43(66(106)107)18-23-53(91)92/h10-13,32-34,37-48H,8-9,14-31,68H2,1-7H3,(H2,69,84)(H,73,95)(H,74,101)(H,75,102)(H,76,104)(H,77,103)(H,78,97)(H,79,96)(H,80,99)(H,81,100)(H,82,105)(H,83,98)(H,85,86)(H,87,88)(H,89,90)(H,91,92)(H,93,94)(H,106,107)(H4,70,71,72)(H2,108,109,110)/t37-,38-,39-,40-,41-,42-,43-,44-,45-,46-,47-,48-/m0/s1. The summed E-state index contributed by atoms with van der Waals surface area (Å²) in [4.78, 5) is 261. The van der Waals surface area contributed by atoms with E-state index in [4.69, 9.17) is 33.1 Å². The summed E-state index contributed by atoms with van der Waals surface area (Å²) < 4.78 is 16.1. The highest BCUT2D eigenvalue weighted by molar-refractivity contribution is 7.98. The average molecular weight is 1650 g/mol. The molecule has 12 amide bonds. The number of phosphoric ester groups is 1. The van der Waals surface area contributed by atoms with E-state index in [9.17, 15) is 121 Å². The average Bonchev–Trinajstić information content (AvgIpc) is 0.849. The number of hydrogen-bond donors (Lipinski definition) is 23. The van der Waals surface area contributed by atoms with Gasteiger partial charge in [0.2, 0.25) is 70.9 Å². The van der Waals surface area contributed by atoms with Crippen LogP contribution in [0.5, 0.6) is 5.75 Å². The van der Waals surface area contributed by atoms with Crippen molar-refractivity contribution < 1.29 is 136 Å². The molecule has 634 valence electrons. The van der Waals surface area contributed by atoms with E-state index in [1.807, 2.05) is 5.32 Å². The van der Waals surface area contributed by atoms with Gasteiger partial charge in [0.15, 0.2) is 5.96 Å². The fourth-order valence-electron chi connectivity index (χ4n) is 10.6. The molecule has 1 rings (SSSR count). The van der Waals surface area contributed by atoms with Crippen LogP contribution in [0.4, 0.5) is 0 Å². The van der Waals surface area contributed by atoms with Crippen molar-refractivity contribution in [3.05, 3.63) is 29.8 Å². The molecule has 27 N–H and O–H groups in total. The Hall–Kier alpha value is -10.8. The van der Waals surface area contributed by atoms with E-state index in [0.717, 1.165) is 24.3 Å². The number of carbonyl (C=O) groups excluding carboxylic acids is 12. The summed E-state index contributed by atoms with van der Waals surface area (Å²) in [5.74, 6) is -24.5. The maximum absolute atomic E-state index is 14.7. The summed E-state index contributed by atoms with van der Waals surface area (Å²) in [6, 6.07) is -16.4. The summed E-state index contributed by atoms with van der Waals surface area (Å²) >= 11 is 1.27. The van der Waals surface area contributed by atoms with Gasteiger partial charge in [0.25, 0.3) is 0 Å². The number of aliphatic imine (C=N–C) groups is 1. The number of nitrogens with one attached hydrogen (secondary N) is 11. The number of carboxylic acids is 6. The van der Waals surface area contributed by atoms with Crippen LogP contribution >= 0.6 is 19.6 Å². The maximum Gasteiger partial charge on any atom is 0.524 e. The monoisotopic (exact) mass is 1650 g/mol. The highest BCUT2D eigenvalue weighted by atomic mass is 32.2. The minimum atomic E-state index is -5.13. The van der Waals surface area contributed by atoms with Crippen LogP contribution in [-0.4, -0.2) is 244 Å². The van der Waals surface area contributed by atoms with Gasteiger partial charge in [-0.05, 0) is 118 Å². The van der Waals surface area contributed by atoms with Gasteiger partial charge < -0.3 is 117 Å². The van der Waals surface area contributed by atoms with Gasteiger partial charge in [0, 0.05) is 45.1 Å². The molecule has 46 heteroatoms. The number of carboxylic acid groups (broad SMARTS) is 6. The Morgan fingerprint density at radius 1 is 0.407 bits per heavy atom. The summed E-state index contributed by atoms with van der Waals surface area (Å²) in [5.41, 5.74) is 22.5. The highest BCUT2D eigenvalue weighted by Crippen LogP contribution is 2.37. The number of nitrogens with two attached hydrogens (primary N) is 4. The number of amides is 12. The van der Waals surface area contributed by atoms with Gasteiger partial charge in [-0.1, -0.05) is 53.7 Å². The smallest absolute Gasteiger partial charge is 0.481 e. The van der Waals surface area contributed by atoms with Crippen molar-refractivity contribution in [1.29, 1.82) is 0 Å². The number of primary amides is 1. The van der Waals surface area contributed by atoms with Crippen LogP contribution in [0.15, 0.2) is 29.3 Å². The van der Waals surface area contributed by atoms with Crippen molar-refractivity contribution in [2.75, 3.05) is 18.6 Å². The van der Waals surface area contributed by atoms with Gasteiger partial charge in [-0.15, -0.1) is 0 Å². The Labute approximate surface area is 653 Å². The number of guanidine groups is 1. The van der Waals surface area contributed by atoms with E-state index in [1.54, 1.807) is 47.8 Å². The molecule has 0 aromatic heterocycles. The van der Waals surface area contributed by atoms with Gasteiger partial charge in [-0.3, -0.25) is 96.3 Å². The van der Waals surface area contributed by atoms with Crippen molar-refractivity contribution >= 4 is 132 Å². The number of thioether (sulfide) groups is 1. The molecule has 1 aromatic rings. The highest BCUT2D eigenvalue weighted by Gasteiger charge is 2.39. The van der Waals surface area contributed by atoms with E-state index >= 15 is 0 Å². The largest absolute Gasteiger partial charge is 0.524 e. The molecule has 0 aliphatic carbocycles. The molecule has 0 fully saturated rings. The molecule has 113 heavy (non-hydrogen) atoms. The Balaban J connectivity index is 3.90. The third-order valence-corrected chi connectivity index (χ3v) is 17.3. The van der Waals surface area contributed by atoms with Gasteiger partial charge in [-0.2, -0.15) is 11.8 Å². The summed E-state index contributed by atoms with van der Waals surface area (Å²) in [5, 5.41) is 83.1. The van der Waals surface area contributed by atoms with Crippen LogP contribution in [-0.2, 0) is 97.3 Å². The van der Waals surface area contributed by atoms with Crippen molar-refractivity contribution in [3.63, 3.8) is 0 Å². The number of benzene rings is 1. The van der Waals surface area contributed by atoms with Gasteiger partial charge in [0.05, 0.1) is 12.5 Å². The first-order valence-electron chi connectivity index (χ1n) is 35.7. The fraction of sp³-hybridized carbons (Fsp3) is 0.627. The normalized spacial score (nSPS) is 14.4. The molecule has 12 atom stereocenters. The van der Waals surface area contributed by atoms with Crippen molar-refractivity contribution in [1.82, 2.24) is 58.5 Å². The maximum atomic E-state index is 14.7. The molecular weight excluding hydrogens is 1540 g/mol. The van der Waals surface area contributed by atoms with Crippen molar-refractivity contribution in [3.8, 4) is 5.75 Å². The van der Waals surface area contributed by atoms with Gasteiger partial charge in [0.1, 0.15) is 72.2 Å². The van der Waals surface area contributed by atoms with Gasteiger partial charge >= 0.3 is 43.6 Å². The van der Waals surface area contributed by atoms with E-state index < -0.39 is 269 Å². The third-order valence-electron chi connectivity index (χ3n) is 16.2. The molecule has 1 aromatic carbocycles. The van der Waals surface area contributed by atoms with Crippen LogP contribution in [0.3, 0.4) is 0 Å².